The second-order valence-electron chi connectivity index (χ2n) is 5.08. The molecule has 0 aromatic carbocycles. The van der Waals surface area contributed by atoms with Crippen LogP contribution < -0.4 is 0 Å². The number of fused-ring (bicyclic) bond motifs is 1. The van der Waals surface area contributed by atoms with Crippen molar-refractivity contribution >= 4 is 25.5 Å². The zero-order valence-corrected chi connectivity index (χ0v) is 11.8. The average Bonchev–Trinajstić information content (AvgIpc) is 2.57. The van der Waals surface area contributed by atoms with Crippen LogP contribution >= 0.6 is 10.7 Å². The lowest BCUT2D eigenvalue weighted by atomic mass is 9.96. The predicted molar refractivity (Wildman–Crippen MR) is 68.0 cm³/mol. The number of nitrogens with zero attached hydrogens (tertiary/aromatic N) is 4. The molecule has 2 rings (SSSR count). The summed E-state index contributed by atoms with van der Waals surface area (Å²) >= 11 is 0. The van der Waals surface area contributed by atoms with Crippen LogP contribution in [0, 0.1) is 0 Å². The van der Waals surface area contributed by atoms with Gasteiger partial charge in [-0.15, -0.1) is 5.10 Å². The Hall–Kier alpha value is -1.21. The lowest BCUT2D eigenvalue weighted by molar-refractivity contribution is 0.545. The first-order valence-electron chi connectivity index (χ1n) is 5.29. The minimum absolute atomic E-state index is 0.188. The van der Waals surface area contributed by atoms with E-state index in [0.29, 0.717) is 17.2 Å². The molecule has 0 aliphatic carbocycles. The van der Waals surface area contributed by atoms with Crippen LogP contribution in [0.25, 0.3) is 5.78 Å². The highest BCUT2D eigenvalue weighted by molar-refractivity contribution is 8.13. The highest BCUT2D eigenvalue weighted by atomic mass is 35.7. The van der Waals surface area contributed by atoms with Gasteiger partial charge in [-0.25, -0.2) is 17.9 Å². The van der Waals surface area contributed by atoms with Gasteiger partial charge in [0.1, 0.15) is 0 Å². The van der Waals surface area contributed by atoms with E-state index in [-0.39, 0.29) is 11.2 Å². The molecule has 0 unspecified atom stereocenters. The summed E-state index contributed by atoms with van der Waals surface area (Å²) in [4.78, 5) is 8.35. The van der Waals surface area contributed by atoms with Crippen molar-refractivity contribution in [2.45, 2.75) is 31.9 Å². The summed E-state index contributed by atoms with van der Waals surface area (Å²) in [6.07, 6.45) is 3.01. The van der Waals surface area contributed by atoms with Crippen LogP contribution in [0.15, 0.2) is 12.4 Å². The molecule has 18 heavy (non-hydrogen) atoms. The van der Waals surface area contributed by atoms with E-state index in [2.05, 4.69) is 15.1 Å². The van der Waals surface area contributed by atoms with E-state index < -0.39 is 9.05 Å². The third-order valence-corrected chi connectivity index (χ3v) is 3.26. The van der Waals surface area contributed by atoms with Crippen molar-refractivity contribution in [1.82, 2.24) is 19.6 Å². The summed E-state index contributed by atoms with van der Waals surface area (Å²) in [6.45, 7) is 5.98. The topological polar surface area (TPSA) is 77.2 Å². The lowest BCUT2D eigenvalue weighted by Crippen LogP contribution is -2.13. The van der Waals surface area contributed by atoms with Crippen molar-refractivity contribution < 1.29 is 8.42 Å². The Morgan fingerprint density at radius 2 is 2.06 bits per heavy atom. The Bertz CT molecular complexity index is 687. The molecule has 98 valence electrons. The Labute approximate surface area is 109 Å². The fourth-order valence-electron chi connectivity index (χ4n) is 1.41. The van der Waals surface area contributed by atoms with Gasteiger partial charge in [-0.05, 0) is 0 Å². The molecule has 2 aromatic rings. The van der Waals surface area contributed by atoms with Crippen LogP contribution in [-0.4, -0.2) is 28.0 Å². The van der Waals surface area contributed by atoms with Gasteiger partial charge in [-0.1, -0.05) is 20.8 Å². The standard InChI is InChI=1S/C10H13ClN4O2S/c1-10(2,3)8-13-9-12-4-7(5-15(9)14-8)6-18(11,16)17/h4-5H,6H2,1-3H3. The van der Waals surface area contributed by atoms with E-state index in [1.807, 2.05) is 20.8 Å². The van der Waals surface area contributed by atoms with Gasteiger partial charge in [0, 0.05) is 34.1 Å². The minimum atomic E-state index is -3.60. The molecule has 0 bridgehead atoms. The van der Waals surface area contributed by atoms with Gasteiger partial charge in [-0.2, -0.15) is 4.98 Å². The number of halogens is 1. The van der Waals surface area contributed by atoms with Crippen LogP contribution in [0.1, 0.15) is 32.2 Å². The summed E-state index contributed by atoms with van der Waals surface area (Å²) < 4.78 is 23.5. The number of aromatic nitrogens is 4. The summed E-state index contributed by atoms with van der Waals surface area (Å²) in [5.74, 6) is 0.818. The fraction of sp³-hybridized carbons (Fsp3) is 0.500. The van der Waals surface area contributed by atoms with Crippen molar-refractivity contribution in [3.8, 4) is 0 Å². The number of rotatable bonds is 2. The normalized spacial score (nSPS) is 13.1. The van der Waals surface area contributed by atoms with Gasteiger partial charge >= 0.3 is 0 Å². The first kappa shape index (κ1) is 13.2. The van der Waals surface area contributed by atoms with Crippen molar-refractivity contribution in [3.05, 3.63) is 23.8 Å². The Kier molecular flexibility index (Phi) is 3.06. The minimum Gasteiger partial charge on any atom is -0.219 e. The van der Waals surface area contributed by atoms with Gasteiger partial charge in [0.05, 0.1) is 5.75 Å². The fourth-order valence-corrected chi connectivity index (χ4v) is 2.34. The second kappa shape index (κ2) is 4.17. The summed E-state index contributed by atoms with van der Waals surface area (Å²) in [5.41, 5.74) is 0.287. The molecule has 0 N–H and O–H groups in total. The van der Waals surface area contributed by atoms with Crippen molar-refractivity contribution in [3.63, 3.8) is 0 Å². The molecule has 2 heterocycles. The summed E-state index contributed by atoms with van der Waals surface area (Å²) in [5, 5.41) is 4.28. The largest absolute Gasteiger partial charge is 0.252 e. The van der Waals surface area contributed by atoms with E-state index in [4.69, 9.17) is 10.7 Å². The van der Waals surface area contributed by atoms with Gasteiger partial charge < -0.3 is 0 Å². The van der Waals surface area contributed by atoms with Crippen molar-refractivity contribution in [2.75, 3.05) is 0 Å². The van der Waals surface area contributed by atoms with Gasteiger partial charge in [0.15, 0.2) is 5.82 Å². The molecule has 0 saturated carbocycles. The van der Waals surface area contributed by atoms with Crippen LogP contribution in [-0.2, 0) is 20.2 Å². The Balaban J connectivity index is 2.46. The highest BCUT2D eigenvalue weighted by Crippen LogP contribution is 2.18. The molecule has 0 spiro atoms. The smallest absolute Gasteiger partial charge is 0.219 e. The molecule has 2 aromatic heterocycles. The molecule has 6 nitrogen and oxygen atoms in total. The molecule has 0 aliphatic heterocycles. The van der Waals surface area contributed by atoms with E-state index in [1.54, 1.807) is 6.20 Å². The second-order valence-corrected chi connectivity index (χ2v) is 7.85. The maximum atomic E-state index is 11.0. The molecule has 0 radical (unpaired) electrons. The first-order valence-corrected chi connectivity index (χ1v) is 7.77. The summed E-state index contributed by atoms with van der Waals surface area (Å²) in [7, 11) is 1.60. The third-order valence-electron chi connectivity index (χ3n) is 2.26. The van der Waals surface area contributed by atoms with Crippen molar-refractivity contribution in [1.29, 1.82) is 0 Å². The van der Waals surface area contributed by atoms with E-state index in [9.17, 15) is 8.42 Å². The molecule has 0 atom stereocenters. The molecular weight excluding hydrogens is 276 g/mol. The van der Waals surface area contributed by atoms with Gasteiger partial charge in [-0.3, -0.25) is 0 Å². The molecule has 0 saturated heterocycles. The van der Waals surface area contributed by atoms with Gasteiger partial charge in [0.25, 0.3) is 5.78 Å². The molecule has 8 heteroatoms. The van der Waals surface area contributed by atoms with Crippen LogP contribution in [0.5, 0.6) is 0 Å². The average molecular weight is 289 g/mol. The SMILES string of the molecule is CC(C)(C)c1nc2ncc(CS(=O)(=O)Cl)cn2n1. The van der Waals surface area contributed by atoms with Crippen LogP contribution in [0.2, 0.25) is 0 Å². The Morgan fingerprint density at radius 3 is 2.61 bits per heavy atom. The van der Waals surface area contributed by atoms with E-state index in [0.717, 1.165) is 0 Å². The maximum absolute atomic E-state index is 11.0. The van der Waals surface area contributed by atoms with Crippen LogP contribution in [0.3, 0.4) is 0 Å². The highest BCUT2D eigenvalue weighted by Gasteiger charge is 2.20. The monoisotopic (exact) mass is 288 g/mol. The number of hydrogen-bond donors (Lipinski definition) is 0. The van der Waals surface area contributed by atoms with Crippen molar-refractivity contribution in [2.24, 2.45) is 0 Å². The summed E-state index contributed by atoms with van der Waals surface area (Å²) in [6, 6.07) is 0. The van der Waals surface area contributed by atoms with E-state index >= 15 is 0 Å². The third kappa shape index (κ3) is 2.97. The first-order chi connectivity index (χ1) is 8.15. The Morgan fingerprint density at radius 1 is 1.39 bits per heavy atom. The zero-order valence-electron chi connectivity index (χ0n) is 10.3. The number of hydrogen-bond acceptors (Lipinski definition) is 5. The predicted octanol–water partition coefficient (Wildman–Crippen LogP) is 1.49. The molecule has 0 amide bonds. The lowest BCUT2D eigenvalue weighted by Gasteiger charge is -2.11. The molecule has 0 aliphatic rings. The molecular formula is C10H13ClN4O2S. The quantitative estimate of drug-likeness (QED) is 0.783. The van der Waals surface area contributed by atoms with E-state index in [1.165, 1.54) is 10.7 Å². The maximum Gasteiger partial charge on any atom is 0.252 e. The van der Waals surface area contributed by atoms with Gasteiger partial charge in [0.2, 0.25) is 9.05 Å². The zero-order chi connectivity index (χ0) is 13.6. The molecule has 0 fully saturated rings. The van der Waals surface area contributed by atoms with Crippen LogP contribution in [0.4, 0.5) is 0 Å².